The largest absolute Gasteiger partial charge is 0.312 e. The fourth-order valence-corrected chi connectivity index (χ4v) is 4.25. The van der Waals surface area contributed by atoms with Crippen LogP contribution in [-0.2, 0) is 21.2 Å². The molecule has 2 aromatic carbocycles. The molecule has 8 nitrogen and oxygen atoms in total. The zero-order valence-electron chi connectivity index (χ0n) is 14.3. The van der Waals surface area contributed by atoms with Crippen molar-refractivity contribution >= 4 is 44.6 Å². The van der Waals surface area contributed by atoms with Crippen molar-refractivity contribution in [3.05, 3.63) is 57.1 Å². The second-order valence-electron chi connectivity index (χ2n) is 5.97. The number of halogens is 1. The predicted octanol–water partition coefficient (Wildman–Crippen LogP) is 3.35. The molecule has 1 N–H and O–H groups in total. The first-order valence-electron chi connectivity index (χ1n) is 8.13. The molecule has 0 aromatic heterocycles. The Labute approximate surface area is 160 Å². The van der Waals surface area contributed by atoms with Crippen molar-refractivity contribution in [3.63, 3.8) is 0 Å². The highest BCUT2D eigenvalue weighted by molar-refractivity contribution is 7.92. The molecule has 1 aliphatic rings. The van der Waals surface area contributed by atoms with Crippen LogP contribution >= 0.6 is 11.6 Å². The maximum absolute atomic E-state index is 12.7. The SMILES string of the molecule is CCC(=O)N1CCc2cc(S(=O)(=O)Nc3cc([N+](=O)[O-])ccc3Cl)ccc21. The molecule has 0 unspecified atom stereocenters. The average molecular weight is 410 g/mol. The molecule has 0 atom stereocenters. The van der Waals surface area contributed by atoms with Gasteiger partial charge in [0.05, 0.1) is 20.5 Å². The van der Waals surface area contributed by atoms with Gasteiger partial charge >= 0.3 is 0 Å². The predicted molar refractivity (Wildman–Crippen MR) is 102 cm³/mol. The summed E-state index contributed by atoms with van der Waals surface area (Å²) >= 11 is 5.96. The minimum Gasteiger partial charge on any atom is -0.312 e. The Morgan fingerprint density at radius 3 is 2.70 bits per heavy atom. The first-order chi connectivity index (χ1) is 12.7. The van der Waals surface area contributed by atoms with E-state index in [-0.39, 0.29) is 27.2 Å². The van der Waals surface area contributed by atoms with Crippen molar-refractivity contribution in [2.45, 2.75) is 24.7 Å². The summed E-state index contributed by atoms with van der Waals surface area (Å²) in [5.74, 6) is -0.0224. The van der Waals surface area contributed by atoms with Crippen LogP contribution < -0.4 is 9.62 Å². The van der Waals surface area contributed by atoms with Crippen LogP contribution in [0.15, 0.2) is 41.3 Å². The number of anilines is 2. The van der Waals surface area contributed by atoms with E-state index < -0.39 is 14.9 Å². The summed E-state index contributed by atoms with van der Waals surface area (Å²) < 4.78 is 27.7. The number of carbonyl (C=O) groups excluding carboxylic acids is 1. The number of non-ortho nitro benzene ring substituents is 1. The number of fused-ring (bicyclic) bond motifs is 1. The lowest BCUT2D eigenvalue weighted by Crippen LogP contribution is -2.27. The minimum absolute atomic E-state index is 0.00498. The van der Waals surface area contributed by atoms with Gasteiger partial charge in [-0.3, -0.25) is 19.6 Å². The molecular formula is C17H16ClN3O5S. The van der Waals surface area contributed by atoms with Gasteiger partial charge in [-0.25, -0.2) is 8.42 Å². The van der Waals surface area contributed by atoms with Crippen LogP contribution in [0, 0.1) is 10.1 Å². The monoisotopic (exact) mass is 409 g/mol. The summed E-state index contributed by atoms with van der Waals surface area (Å²) in [5.41, 5.74) is 1.10. The van der Waals surface area contributed by atoms with Gasteiger partial charge in [-0.05, 0) is 36.2 Å². The molecule has 142 valence electrons. The number of hydrogen-bond acceptors (Lipinski definition) is 5. The van der Waals surface area contributed by atoms with Crippen molar-refractivity contribution in [2.75, 3.05) is 16.2 Å². The van der Waals surface area contributed by atoms with E-state index in [1.54, 1.807) is 17.9 Å². The number of nitro benzene ring substituents is 1. The summed E-state index contributed by atoms with van der Waals surface area (Å²) in [6.07, 6.45) is 0.925. The van der Waals surface area contributed by atoms with Gasteiger partial charge in [-0.1, -0.05) is 18.5 Å². The molecule has 0 saturated heterocycles. The van der Waals surface area contributed by atoms with Crippen LogP contribution in [0.3, 0.4) is 0 Å². The number of nitro groups is 1. The Balaban J connectivity index is 1.92. The Morgan fingerprint density at radius 1 is 1.30 bits per heavy atom. The number of carbonyl (C=O) groups is 1. The summed E-state index contributed by atoms with van der Waals surface area (Å²) in [5, 5.41) is 10.9. The Bertz CT molecular complexity index is 1040. The molecule has 0 saturated carbocycles. The number of nitrogens with one attached hydrogen (secondary N) is 1. The molecule has 1 heterocycles. The maximum Gasteiger partial charge on any atom is 0.271 e. The summed E-state index contributed by atoms with van der Waals surface area (Å²) in [7, 11) is -4.00. The second-order valence-corrected chi connectivity index (χ2v) is 8.06. The zero-order valence-corrected chi connectivity index (χ0v) is 15.9. The van der Waals surface area contributed by atoms with E-state index in [1.165, 1.54) is 24.3 Å². The number of benzene rings is 2. The van der Waals surface area contributed by atoms with Crippen LogP contribution in [0.4, 0.5) is 17.1 Å². The van der Waals surface area contributed by atoms with Crippen molar-refractivity contribution in [2.24, 2.45) is 0 Å². The van der Waals surface area contributed by atoms with Crippen molar-refractivity contribution in [3.8, 4) is 0 Å². The van der Waals surface area contributed by atoms with Gasteiger partial charge in [-0.15, -0.1) is 0 Å². The molecule has 0 aliphatic carbocycles. The maximum atomic E-state index is 12.7. The van der Waals surface area contributed by atoms with Gasteiger partial charge in [0.2, 0.25) is 5.91 Å². The average Bonchev–Trinajstić information content (AvgIpc) is 3.05. The second kappa shape index (κ2) is 7.16. The van der Waals surface area contributed by atoms with Crippen molar-refractivity contribution < 1.29 is 18.1 Å². The van der Waals surface area contributed by atoms with Crippen molar-refractivity contribution in [1.82, 2.24) is 0 Å². The molecule has 0 spiro atoms. The van der Waals surface area contributed by atoms with Crippen LogP contribution in [0.2, 0.25) is 5.02 Å². The zero-order chi connectivity index (χ0) is 19.8. The van der Waals surface area contributed by atoms with E-state index in [9.17, 15) is 23.3 Å². The lowest BCUT2D eigenvalue weighted by atomic mass is 10.2. The van der Waals surface area contributed by atoms with E-state index >= 15 is 0 Å². The van der Waals surface area contributed by atoms with Gasteiger partial charge in [-0.2, -0.15) is 0 Å². The third kappa shape index (κ3) is 3.74. The van der Waals surface area contributed by atoms with Crippen LogP contribution in [0.1, 0.15) is 18.9 Å². The first kappa shape index (κ1) is 19.1. The highest BCUT2D eigenvalue weighted by Gasteiger charge is 2.26. The van der Waals surface area contributed by atoms with Crippen LogP contribution in [0.25, 0.3) is 0 Å². The topological polar surface area (TPSA) is 110 Å². The Morgan fingerprint density at radius 2 is 2.04 bits per heavy atom. The lowest BCUT2D eigenvalue weighted by Gasteiger charge is -2.16. The third-order valence-electron chi connectivity index (χ3n) is 4.27. The number of rotatable bonds is 5. The number of sulfonamides is 1. The molecule has 0 radical (unpaired) electrons. The fourth-order valence-electron chi connectivity index (χ4n) is 2.90. The molecule has 0 fully saturated rings. The van der Waals surface area contributed by atoms with Crippen molar-refractivity contribution in [1.29, 1.82) is 0 Å². The van der Waals surface area contributed by atoms with Gasteiger partial charge in [0.1, 0.15) is 0 Å². The Hall–Kier alpha value is -2.65. The summed E-state index contributed by atoms with van der Waals surface area (Å²) in [6, 6.07) is 8.01. The van der Waals surface area contributed by atoms with E-state index in [2.05, 4.69) is 4.72 Å². The highest BCUT2D eigenvalue weighted by atomic mass is 35.5. The number of amides is 1. The number of nitrogens with zero attached hydrogens (tertiary/aromatic N) is 2. The molecule has 27 heavy (non-hydrogen) atoms. The van der Waals surface area contributed by atoms with Gasteiger partial charge in [0.15, 0.2) is 0 Å². The molecule has 1 amide bonds. The van der Waals surface area contributed by atoms with E-state index in [1.807, 2.05) is 0 Å². The molecule has 0 bridgehead atoms. The third-order valence-corrected chi connectivity index (χ3v) is 5.96. The van der Waals surface area contributed by atoms with Gasteiger partial charge in [0.25, 0.3) is 15.7 Å². The number of hydrogen-bond donors (Lipinski definition) is 1. The quantitative estimate of drug-likeness (QED) is 0.601. The molecule has 3 rings (SSSR count). The minimum atomic E-state index is -4.00. The lowest BCUT2D eigenvalue weighted by molar-refractivity contribution is -0.384. The summed E-state index contributed by atoms with van der Waals surface area (Å²) in [4.78, 5) is 23.8. The van der Waals surface area contributed by atoms with Gasteiger partial charge in [0, 0.05) is 30.8 Å². The normalized spacial score (nSPS) is 13.3. The van der Waals surface area contributed by atoms with Gasteiger partial charge < -0.3 is 4.90 Å². The highest BCUT2D eigenvalue weighted by Crippen LogP contribution is 2.33. The van der Waals surface area contributed by atoms with Crippen LogP contribution in [-0.4, -0.2) is 25.8 Å². The van der Waals surface area contributed by atoms with E-state index in [4.69, 9.17) is 11.6 Å². The van der Waals surface area contributed by atoms with E-state index in [0.29, 0.717) is 25.1 Å². The molecule has 1 aliphatic heterocycles. The first-order valence-corrected chi connectivity index (χ1v) is 9.99. The molecule has 2 aromatic rings. The summed E-state index contributed by atoms with van der Waals surface area (Å²) in [6.45, 7) is 2.28. The smallest absolute Gasteiger partial charge is 0.271 e. The fraction of sp³-hybridized carbons (Fsp3) is 0.235. The van der Waals surface area contributed by atoms with E-state index in [0.717, 1.165) is 11.6 Å². The van der Waals surface area contributed by atoms with Crippen LogP contribution in [0.5, 0.6) is 0 Å². The standard InChI is InChI=1S/C17H16ClN3O5S/c1-2-17(22)20-8-7-11-9-13(4-6-16(11)20)27(25,26)19-15-10-12(21(23)24)3-5-14(15)18/h3-6,9-10,19H,2,7-8H2,1H3. The molecule has 10 heteroatoms. The molecular weight excluding hydrogens is 394 g/mol. The Kier molecular flexibility index (Phi) is 5.07.